The smallest absolute Gasteiger partial charge is 0.314 e. The molecule has 0 bridgehead atoms. The Hall–Kier alpha value is -3.61. The summed E-state index contributed by atoms with van der Waals surface area (Å²) in [5.41, 5.74) is 1.28. The van der Waals surface area contributed by atoms with Crippen molar-refractivity contribution < 1.29 is 26.7 Å². The van der Waals surface area contributed by atoms with Crippen molar-refractivity contribution >= 4 is 10.0 Å². The number of fused-ring (bicyclic) bond motifs is 1. The molecule has 1 N–H and O–H groups in total. The molecule has 1 aliphatic heterocycles. The Kier molecular flexibility index (Phi) is 5.63. The highest BCUT2D eigenvalue weighted by Gasteiger charge is 2.44. The van der Waals surface area contributed by atoms with Gasteiger partial charge in [-0.2, -0.15) is 13.1 Å². The minimum absolute atomic E-state index is 0.0325. The summed E-state index contributed by atoms with van der Waals surface area (Å²) in [5.74, 6) is -1.07. The second-order valence-corrected chi connectivity index (χ2v) is 9.38. The van der Waals surface area contributed by atoms with Gasteiger partial charge in [0, 0.05) is 24.5 Å². The third-order valence-electron chi connectivity index (χ3n) is 5.45. The van der Waals surface area contributed by atoms with Gasteiger partial charge in [-0.25, -0.2) is 8.42 Å². The number of aliphatic hydroxyl groups is 1. The van der Waals surface area contributed by atoms with E-state index in [-0.39, 0.29) is 28.6 Å². The normalized spacial score (nSPS) is 16.9. The molecule has 0 amide bonds. The lowest BCUT2D eigenvalue weighted by atomic mass is 10.0. The monoisotopic (exact) mass is 485 g/mol. The van der Waals surface area contributed by atoms with Crippen LogP contribution >= 0.6 is 0 Å². The highest BCUT2D eigenvalue weighted by Crippen LogP contribution is 2.43. The lowest BCUT2D eigenvalue weighted by Crippen LogP contribution is -2.34. The van der Waals surface area contributed by atoms with E-state index >= 15 is 0 Å². The van der Waals surface area contributed by atoms with E-state index in [0.29, 0.717) is 11.3 Å². The van der Waals surface area contributed by atoms with Crippen molar-refractivity contribution in [1.82, 2.24) is 24.5 Å². The van der Waals surface area contributed by atoms with Crippen LogP contribution in [0.4, 0.5) is 8.78 Å². The molecule has 2 unspecified atom stereocenters. The van der Waals surface area contributed by atoms with Crippen LogP contribution in [0.25, 0.3) is 11.5 Å². The first kappa shape index (κ1) is 22.2. The van der Waals surface area contributed by atoms with Crippen molar-refractivity contribution in [3.63, 3.8) is 0 Å². The molecule has 0 saturated carbocycles. The van der Waals surface area contributed by atoms with Crippen molar-refractivity contribution in [2.45, 2.75) is 30.0 Å². The standard InChI is InChI=1S/C22H17F2N5O4S/c23-20(24)22-28-27-21(33-22)13-7-8-14-12-29(34(31,32)17(14)11-13)18(15-5-1-3-9-25-15)19(30)16-6-2-4-10-26-16/h1-11,18-20,30H,12H2. The van der Waals surface area contributed by atoms with Crippen LogP contribution < -0.4 is 0 Å². The van der Waals surface area contributed by atoms with Crippen LogP contribution in [0.3, 0.4) is 0 Å². The summed E-state index contributed by atoms with van der Waals surface area (Å²) in [6.45, 7) is -0.0325. The third kappa shape index (κ3) is 3.85. The van der Waals surface area contributed by atoms with Crippen molar-refractivity contribution in [2.24, 2.45) is 0 Å². The van der Waals surface area contributed by atoms with E-state index in [9.17, 15) is 22.3 Å². The number of pyridine rings is 2. The minimum Gasteiger partial charge on any atom is -0.415 e. The van der Waals surface area contributed by atoms with E-state index < -0.39 is 34.5 Å². The van der Waals surface area contributed by atoms with Crippen LogP contribution in [0.2, 0.25) is 0 Å². The first-order valence-corrected chi connectivity index (χ1v) is 11.6. The Labute approximate surface area is 192 Å². The number of aromatic nitrogens is 4. The van der Waals surface area contributed by atoms with Crippen LogP contribution in [-0.2, 0) is 16.6 Å². The largest absolute Gasteiger partial charge is 0.415 e. The fourth-order valence-electron chi connectivity index (χ4n) is 3.86. The second-order valence-electron chi connectivity index (χ2n) is 7.52. The topological polar surface area (TPSA) is 122 Å². The molecule has 2 atom stereocenters. The molecule has 0 aliphatic carbocycles. The Morgan fingerprint density at radius 1 is 0.971 bits per heavy atom. The molecule has 1 aromatic carbocycles. The number of rotatable bonds is 6. The van der Waals surface area contributed by atoms with E-state index in [0.717, 1.165) is 4.31 Å². The molecule has 4 heterocycles. The maximum atomic E-state index is 13.6. The van der Waals surface area contributed by atoms with E-state index in [4.69, 9.17) is 4.42 Å². The number of halogens is 2. The summed E-state index contributed by atoms with van der Waals surface area (Å²) in [6.07, 6.45) is -1.23. The summed E-state index contributed by atoms with van der Waals surface area (Å²) in [6, 6.07) is 13.3. The van der Waals surface area contributed by atoms with Gasteiger partial charge in [-0.15, -0.1) is 10.2 Å². The quantitative estimate of drug-likeness (QED) is 0.441. The van der Waals surface area contributed by atoms with Gasteiger partial charge in [-0.3, -0.25) is 9.97 Å². The zero-order chi connectivity index (χ0) is 23.9. The first-order chi connectivity index (χ1) is 16.4. The molecule has 174 valence electrons. The molecule has 4 aromatic rings. The Morgan fingerprint density at radius 3 is 2.29 bits per heavy atom. The predicted octanol–water partition coefficient (Wildman–Crippen LogP) is 3.44. The SMILES string of the molecule is O=S1(=O)c2cc(-c3nnc(C(F)F)o3)ccc2CN1C(c1ccccn1)C(O)c1ccccn1. The summed E-state index contributed by atoms with van der Waals surface area (Å²) in [7, 11) is -4.12. The zero-order valence-corrected chi connectivity index (χ0v) is 18.2. The molecular formula is C22H17F2N5O4S. The number of aliphatic hydroxyl groups excluding tert-OH is 1. The lowest BCUT2D eigenvalue weighted by Gasteiger charge is -2.29. The fourth-order valence-corrected chi connectivity index (χ4v) is 5.68. The summed E-state index contributed by atoms with van der Waals surface area (Å²) in [5, 5.41) is 18.1. The molecule has 5 rings (SSSR count). The summed E-state index contributed by atoms with van der Waals surface area (Å²) in [4.78, 5) is 8.41. The van der Waals surface area contributed by atoms with Crippen molar-refractivity contribution in [2.75, 3.05) is 0 Å². The molecule has 0 spiro atoms. The van der Waals surface area contributed by atoms with Crippen molar-refractivity contribution in [3.05, 3.63) is 89.8 Å². The molecule has 0 fully saturated rings. The third-order valence-corrected chi connectivity index (χ3v) is 7.35. The average Bonchev–Trinajstić information content (AvgIpc) is 3.44. The van der Waals surface area contributed by atoms with Gasteiger partial charge in [0.1, 0.15) is 6.10 Å². The molecule has 1 aliphatic rings. The summed E-state index contributed by atoms with van der Waals surface area (Å²) >= 11 is 0. The van der Waals surface area contributed by atoms with Crippen LogP contribution in [0.1, 0.15) is 41.4 Å². The number of benzene rings is 1. The van der Waals surface area contributed by atoms with Crippen LogP contribution in [0.15, 0.2) is 76.3 Å². The Morgan fingerprint density at radius 2 is 1.68 bits per heavy atom. The van der Waals surface area contributed by atoms with Gasteiger partial charge in [-0.1, -0.05) is 18.2 Å². The number of hydrogen-bond acceptors (Lipinski definition) is 8. The highest BCUT2D eigenvalue weighted by molar-refractivity contribution is 7.89. The van der Waals surface area contributed by atoms with Crippen molar-refractivity contribution in [1.29, 1.82) is 0 Å². The van der Waals surface area contributed by atoms with Gasteiger partial charge in [0.2, 0.25) is 15.9 Å². The molecule has 3 aromatic heterocycles. The van der Waals surface area contributed by atoms with Gasteiger partial charge in [-0.05, 0) is 42.0 Å². The van der Waals surface area contributed by atoms with Gasteiger partial charge < -0.3 is 9.52 Å². The number of nitrogens with zero attached hydrogens (tertiary/aromatic N) is 5. The van der Waals surface area contributed by atoms with Gasteiger partial charge in [0.15, 0.2) is 0 Å². The first-order valence-electron chi connectivity index (χ1n) is 10.1. The highest BCUT2D eigenvalue weighted by atomic mass is 32.2. The van der Waals surface area contributed by atoms with Crippen LogP contribution in [0, 0.1) is 0 Å². The molecule has 34 heavy (non-hydrogen) atoms. The molecule has 12 heteroatoms. The fraction of sp³-hybridized carbons (Fsp3) is 0.182. The van der Waals surface area contributed by atoms with Gasteiger partial charge in [0.25, 0.3) is 5.89 Å². The lowest BCUT2D eigenvalue weighted by molar-refractivity contribution is 0.0827. The molecule has 0 saturated heterocycles. The predicted molar refractivity (Wildman–Crippen MR) is 114 cm³/mol. The molecule has 9 nitrogen and oxygen atoms in total. The van der Waals surface area contributed by atoms with E-state index in [2.05, 4.69) is 20.2 Å². The molecular weight excluding hydrogens is 468 g/mol. The van der Waals surface area contributed by atoms with E-state index in [1.165, 1.54) is 24.5 Å². The van der Waals surface area contributed by atoms with E-state index in [1.807, 2.05) is 0 Å². The zero-order valence-electron chi connectivity index (χ0n) is 17.4. The Bertz CT molecular complexity index is 1420. The van der Waals surface area contributed by atoms with E-state index in [1.54, 1.807) is 42.5 Å². The van der Waals surface area contributed by atoms with Crippen molar-refractivity contribution in [3.8, 4) is 11.5 Å². The maximum Gasteiger partial charge on any atom is 0.314 e. The molecule has 0 radical (unpaired) electrons. The number of hydrogen-bond donors (Lipinski definition) is 1. The van der Waals surface area contributed by atoms with Crippen LogP contribution in [0.5, 0.6) is 0 Å². The van der Waals surface area contributed by atoms with Gasteiger partial charge >= 0.3 is 6.43 Å². The average molecular weight is 485 g/mol. The second kappa shape index (κ2) is 8.63. The minimum atomic E-state index is -4.12. The Balaban J connectivity index is 1.56. The maximum absolute atomic E-state index is 13.6. The summed E-state index contributed by atoms with van der Waals surface area (Å²) < 4.78 is 59.0. The number of alkyl halides is 2. The van der Waals surface area contributed by atoms with Crippen LogP contribution in [-0.4, -0.2) is 38.0 Å². The number of sulfonamides is 1. The van der Waals surface area contributed by atoms with Gasteiger partial charge in [0.05, 0.1) is 22.3 Å².